The van der Waals surface area contributed by atoms with Crippen LogP contribution >= 0.6 is 0 Å². The van der Waals surface area contributed by atoms with Gasteiger partial charge in [0.25, 0.3) is 5.91 Å². The van der Waals surface area contributed by atoms with Crippen molar-refractivity contribution in [1.82, 2.24) is 5.32 Å². The zero-order chi connectivity index (χ0) is 19.6. The van der Waals surface area contributed by atoms with Gasteiger partial charge in [-0.1, -0.05) is 43.3 Å². The first kappa shape index (κ1) is 18.7. The smallest absolute Gasteiger partial charge is 0.256 e. The van der Waals surface area contributed by atoms with Gasteiger partial charge < -0.3 is 20.6 Å². The molecule has 0 aliphatic heterocycles. The summed E-state index contributed by atoms with van der Waals surface area (Å²) >= 11 is 0. The molecule has 4 N–H and O–H groups in total. The lowest BCUT2D eigenvalue weighted by Crippen LogP contribution is -2.46. The second-order valence-electron chi connectivity index (χ2n) is 6.53. The van der Waals surface area contributed by atoms with Crippen LogP contribution in [0.4, 0.5) is 0 Å². The van der Waals surface area contributed by atoms with Crippen molar-refractivity contribution < 1.29 is 19.1 Å². The molecule has 6 nitrogen and oxygen atoms in total. The van der Waals surface area contributed by atoms with Crippen molar-refractivity contribution in [2.24, 2.45) is 5.73 Å². The zero-order valence-electron chi connectivity index (χ0n) is 15.2. The molecule has 2 atom stereocenters. The van der Waals surface area contributed by atoms with Gasteiger partial charge in [-0.25, -0.2) is 0 Å². The maximum atomic E-state index is 12.7. The minimum absolute atomic E-state index is 0.137. The Kier molecular flexibility index (Phi) is 5.28. The van der Waals surface area contributed by atoms with E-state index in [1.54, 1.807) is 6.92 Å². The summed E-state index contributed by atoms with van der Waals surface area (Å²) < 4.78 is 5.70. The second kappa shape index (κ2) is 7.63. The molecule has 0 saturated carbocycles. The number of aliphatic hydroxyl groups is 1. The third kappa shape index (κ3) is 3.71. The first-order chi connectivity index (χ1) is 12.9. The number of amides is 2. The van der Waals surface area contributed by atoms with Crippen LogP contribution in [0, 0.1) is 6.92 Å². The van der Waals surface area contributed by atoms with Crippen LogP contribution in [0.15, 0.2) is 52.9 Å². The van der Waals surface area contributed by atoms with Gasteiger partial charge in [0, 0.05) is 11.3 Å². The summed E-state index contributed by atoms with van der Waals surface area (Å²) in [7, 11) is 0. The Hall–Kier alpha value is -3.12. The molecule has 6 heteroatoms. The number of nitrogens with one attached hydrogen (secondary N) is 1. The number of aryl methyl sites for hydroxylation is 1. The summed E-state index contributed by atoms with van der Waals surface area (Å²) in [5.41, 5.74) is 8.32. The fourth-order valence-electron chi connectivity index (χ4n) is 3.16. The molecule has 3 rings (SSSR count). The molecular formula is C21H22N2O4. The summed E-state index contributed by atoms with van der Waals surface area (Å²) in [6, 6.07) is 14.7. The molecule has 2 amide bonds. The lowest BCUT2D eigenvalue weighted by Gasteiger charge is -2.14. The molecule has 0 saturated heterocycles. The highest BCUT2D eigenvalue weighted by atomic mass is 16.3. The van der Waals surface area contributed by atoms with E-state index in [4.69, 9.17) is 10.2 Å². The van der Waals surface area contributed by atoms with Gasteiger partial charge in [0.05, 0.1) is 12.2 Å². The van der Waals surface area contributed by atoms with Gasteiger partial charge >= 0.3 is 0 Å². The summed E-state index contributed by atoms with van der Waals surface area (Å²) in [5.74, 6) is -0.728. The Morgan fingerprint density at radius 2 is 1.85 bits per heavy atom. The van der Waals surface area contributed by atoms with Crippen molar-refractivity contribution in [3.05, 3.63) is 71.0 Å². The van der Waals surface area contributed by atoms with Crippen LogP contribution in [0.25, 0.3) is 11.0 Å². The van der Waals surface area contributed by atoms with E-state index in [1.807, 2.05) is 36.4 Å². The molecule has 2 unspecified atom stereocenters. The van der Waals surface area contributed by atoms with Crippen molar-refractivity contribution in [3.8, 4) is 0 Å². The standard InChI is InChI=1S/C21H22N2O4/c1-12(14-6-4-3-5-7-14)15-8-9-18-16(10-15)19(13(2)27-18)21(26)23-17(11-24)20(22)25/h3-10,12,17,24H,11H2,1-2H3,(H2,22,25)(H,23,26). The largest absolute Gasteiger partial charge is 0.461 e. The number of primary amides is 1. The van der Waals surface area contributed by atoms with Crippen LogP contribution < -0.4 is 11.1 Å². The van der Waals surface area contributed by atoms with Crippen LogP contribution in [0.2, 0.25) is 0 Å². The predicted molar refractivity (Wildman–Crippen MR) is 102 cm³/mol. The third-order valence-electron chi connectivity index (χ3n) is 4.75. The number of carbonyl (C=O) groups excluding carboxylic acids is 2. The van der Waals surface area contributed by atoms with Crippen molar-refractivity contribution in [2.45, 2.75) is 25.8 Å². The van der Waals surface area contributed by atoms with Gasteiger partial charge in [-0.05, 0) is 30.2 Å². The average Bonchev–Trinajstić information content (AvgIpc) is 3.00. The fourth-order valence-corrected chi connectivity index (χ4v) is 3.16. The van der Waals surface area contributed by atoms with E-state index >= 15 is 0 Å². The van der Waals surface area contributed by atoms with Crippen LogP contribution in [0.1, 0.15) is 40.1 Å². The number of furan rings is 1. The number of rotatable bonds is 6. The zero-order valence-corrected chi connectivity index (χ0v) is 15.2. The Bertz CT molecular complexity index is 979. The molecule has 0 aliphatic carbocycles. The lowest BCUT2D eigenvalue weighted by atomic mass is 9.92. The molecule has 0 fully saturated rings. The van der Waals surface area contributed by atoms with Gasteiger partial charge in [-0.15, -0.1) is 0 Å². The van der Waals surface area contributed by atoms with E-state index in [1.165, 1.54) is 0 Å². The normalized spacial score (nSPS) is 13.3. The van der Waals surface area contributed by atoms with Crippen molar-refractivity contribution in [3.63, 3.8) is 0 Å². The first-order valence-corrected chi connectivity index (χ1v) is 8.71. The number of benzene rings is 2. The molecule has 0 bridgehead atoms. The van der Waals surface area contributed by atoms with E-state index in [2.05, 4.69) is 24.4 Å². The summed E-state index contributed by atoms with van der Waals surface area (Å²) in [6.45, 7) is 3.22. The van der Waals surface area contributed by atoms with Gasteiger partial charge in [0.15, 0.2) is 0 Å². The highest BCUT2D eigenvalue weighted by Gasteiger charge is 2.24. The third-order valence-corrected chi connectivity index (χ3v) is 4.75. The molecule has 3 aromatic rings. The van der Waals surface area contributed by atoms with E-state index in [9.17, 15) is 14.7 Å². The van der Waals surface area contributed by atoms with Gasteiger partial charge in [0.2, 0.25) is 5.91 Å². The predicted octanol–water partition coefficient (Wildman–Crippen LogP) is 2.47. The number of hydrogen-bond acceptors (Lipinski definition) is 4. The molecule has 0 spiro atoms. The monoisotopic (exact) mass is 366 g/mol. The highest BCUT2D eigenvalue weighted by Crippen LogP contribution is 2.31. The molecule has 1 heterocycles. The van der Waals surface area contributed by atoms with Crippen molar-refractivity contribution in [2.75, 3.05) is 6.61 Å². The van der Waals surface area contributed by atoms with Gasteiger partial charge in [-0.2, -0.15) is 0 Å². The number of aliphatic hydroxyl groups excluding tert-OH is 1. The quantitative estimate of drug-likeness (QED) is 0.623. The van der Waals surface area contributed by atoms with Crippen LogP contribution in [0.3, 0.4) is 0 Å². The second-order valence-corrected chi connectivity index (χ2v) is 6.53. The minimum Gasteiger partial charge on any atom is -0.461 e. The highest BCUT2D eigenvalue weighted by molar-refractivity contribution is 6.08. The maximum absolute atomic E-state index is 12.7. The SMILES string of the molecule is Cc1oc2ccc(C(C)c3ccccc3)cc2c1C(=O)NC(CO)C(N)=O. The average molecular weight is 366 g/mol. The number of fused-ring (bicyclic) bond motifs is 1. The fraction of sp³-hybridized carbons (Fsp3) is 0.238. The van der Waals surface area contributed by atoms with E-state index < -0.39 is 24.5 Å². The van der Waals surface area contributed by atoms with Crippen molar-refractivity contribution in [1.29, 1.82) is 0 Å². The molecule has 27 heavy (non-hydrogen) atoms. The molecular weight excluding hydrogens is 344 g/mol. The summed E-state index contributed by atoms with van der Waals surface area (Å²) in [5, 5.41) is 12.3. The van der Waals surface area contributed by atoms with Crippen LogP contribution in [-0.4, -0.2) is 29.6 Å². The van der Waals surface area contributed by atoms with E-state index in [0.29, 0.717) is 22.3 Å². The Morgan fingerprint density at radius 3 is 2.48 bits per heavy atom. The number of nitrogens with two attached hydrogens (primary N) is 1. The Labute approximate surface area is 157 Å². The number of hydrogen-bond donors (Lipinski definition) is 3. The first-order valence-electron chi connectivity index (χ1n) is 8.71. The number of carbonyl (C=O) groups is 2. The van der Waals surface area contributed by atoms with Crippen LogP contribution in [-0.2, 0) is 4.79 Å². The molecule has 2 aromatic carbocycles. The lowest BCUT2D eigenvalue weighted by molar-refractivity contribution is -0.120. The Morgan fingerprint density at radius 1 is 1.15 bits per heavy atom. The molecule has 1 aromatic heterocycles. The van der Waals surface area contributed by atoms with Gasteiger partial charge in [-0.3, -0.25) is 9.59 Å². The topological polar surface area (TPSA) is 106 Å². The van der Waals surface area contributed by atoms with Crippen molar-refractivity contribution >= 4 is 22.8 Å². The summed E-state index contributed by atoms with van der Waals surface area (Å²) in [6.07, 6.45) is 0. The minimum atomic E-state index is -1.15. The maximum Gasteiger partial charge on any atom is 0.256 e. The molecule has 0 aliphatic rings. The van der Waals surface area contributed by atoms with E-state index in [-0.39, 0.29) is 5.92 Å². The van der Waals surface area contributed by atoms with Gasteiger partial charge in [0.1, 0.15) is 17.4 Å². The Balaban J connectivity index is 2.00. The molecule has 140 valence electrons. The van der Waals surface area contributed by atoms with Crippen LogP contribution in [0.5, 0.6) is 0 Å². The molecule has 0 radical (unpaired) electrons. The summed E-state index contributed by atoms with van der Waals surface area (Å²) in [4.78, 5) is 24.0. The van der Waals surface area contributed by atoms with E-state index in [0.717, 1.165) is 11.1 Å².